The third-order valence-corrected chi connectivity index (χ3v) is 3.47. The Balaban J connectivity index is 2.13. The molecule has 3 nitrogen and oxygen atoms in total. The first kappa shape index (κ1) is 11.7. The number of aliphatic hydroxyl groups excluding tert-OH is 2. The lowest BCUT2D eigenvalue weighted by molar-refractivity contribution is 0.238. The molecule has 1 aromatic carbocycles. The van der Waals surface area contributed by atoms with Crippen molar-refractivity contribution in [1.29, 1.82) is 0 Å². The fourth-order valence-electron chi connectivity index (χ4n) is 2.08. The summed E-state index contributed by atoms with van der Waals surface area (Å²) in [6.45, 7) is 2.06. The summed E-state index contributed by atoms with van der Waals surface area (Å²) in [6.07, 6.45) is 1.02. The molecule has 2 rings (SSSR count). The van der Waals surface area contributed by atoms with Crippen molar-refractivity contribution in [3.63, 3.8) is 0 Å². The Morgan fingerprint density at radius 1 is 1.38 bits per heavy atom. The first-order chi connectivity index (χ1) is 7.74. The van der Waals surface area contributed by atoms with Crippen LogP contribution >= 0.6 is 11.6 Å². The number of benzene rings is 1. The smallest absolute Gasteiger partial charge is 0.0696 e. The standard InChI is InChI=1S/C12H16ClNO2/c13-12-5-11(2-1-10(12)8-16)14-4-3-9(6-14)7-15/h1-2,5,9,15-16H,3-4,6-8H2. The van der Waals surface area contributed by atoms with Gasteiger partial charge in [0, 0.05) is 36.3 Å². The lowest BCUT2D eigenvalue weighted by Gasteiger charge is -2.19. The van der Waals surface area contributed by atoms with E-state index in [0.717, 1.165) is 30.8 Å². The molecule has 1 atom stereocenters. The van der Waals surface area contributed by atoms with E-state index in [0.29, 0.717) is 10.9 Å². The largest absolute Gasteiger partial charge is 0.396 e. The second kappa shape index (κ2) is 5.04. The van der Waals surface area contributed by atoms with Crippen molar-refractivity contribution < 1.29 is 10.2 Å². The molecule has 0 radical (unpaired) electrons. The van der Waals surface area contributed by atoms with Gasteiger partial charge in [-0.15, -0.1) is 0 Å². The van der Waals surface area contributed by atoms with Crippen molar-refractivity contribution in [3.8, 4) is 0 Å². The van der Waals surface area contributed by atoms with Crippen LogP contribution < -0.4 is 4.90 Å². The summed E-state index contributed by atoms with van der Waals surface area (Å²) in [7, 11) is 0. The SMILES string of the molecule is OCc1ccc(N2CCC(CO)C2)cc1Cl. The van der Waals surface area contributed by atoms with E-state index in [2.05, 4.69) is 4.90 Å². The van der Waals surface area contributed by atoms with Crippen LogP contribution in [0.4, 0.5) is 5.69 Å². The zero-order valence-corrected chi connectivity index (χ0v) is 9.82. The maximum absolute atomic E-state index is 9.08. The minimum atomic E-state index is -0.0294. The van der Waals surface area contributed by atoms with E-state index >= 15 is 0 Å². The molecule has 0 bridgehead atoms. The molecule has 1 aromatic rings. The molecule has 0 spiro atoms. The number of nitrogens with zero attached hydrogens (tertiary/aromatic N) is 1. The Hall–Kier alpha value is -0.770. The average Bonchev–Trinajstić information content (AvgIpc) is 2.77. The van der Waals surface area contributed by atoms with E-state index < -0.39 is 0 Å². The third-order valence-electron chi connectivity index (χ3n) is 3.12. The van der Waals surface area contributed by atoms with Crippen LogP contribution in [0.5, 0.6) is 0 Å². The lowest BCUT2D eigenvalue weighted by atomic mass is 10.1. The second-order valence-corrected chi connectivity index (χ2v) is 4.62. The summed E-state index contributed by atoms with van der Waals surface area (Å²) in [5.41, 5.74) is 1.82. The normalized spacial score (nSPS) is 20.4. The van der Waals surface area contributed by atoms with E-state index in [-0.39, 0.29) is 13.2 Å². The predicted molar refractivity (Wildman–Crippen MR) is 64.8 cm³/mol. The Morgan fingerprint density at radius 2 is 2.19 bits per heavy atom. The van der Waals surface area contributed by atoms with Crippen LogP contribution in [0.2, 0.25) is 5.02 Å². The van der Waals surface area contributed by atoms with Gasteiger partial charge in [-0.3, -0.25) is 0 Å². The Bertz CT molecular complexity index is 370. The molecule has 16 heavy (non-hydrogen) atoms. The Labute approximate surface area is 100 Å². The van der Waals surface area contributed by atoms with Crippen molar-refractivity contribution in [2.24, 2.45) is 5.92 Å². The average molecular weight is 242 g/mol. The first-order valence-corrected chi connectivity index (χ1v) is 5.87. The number of halogens is 1. The third kappa shape index (κ3) is 2.32. The molecular weight excluding hydrogens is 226 g/mol. The van der Waals surface area contributed by atoms with Crippen molar-refractivity contribution in [2.45, 2.75) is 13.0 Å². The zero-order chi connectivity index (χ0) is 11.5. The summed E-state index contributed by atoms with van der Waals surface area (Å²) in [5, 5.41) is 18.7. The number of rotatable bonds is 3. The molecule has 0 aromatic heterocycles. The van der Waals surface area contributed by atoms with Crippen molar-refractivity contribution in [2.75, 3.05) is 24.6 Å². The minimum absolute atomic E-state index is 0.0294. The number of hydrogen-bond acceptors (Lipinski definition) is 3. The fourth-order valence-corrected chi connectivity index (χ4v) is 2.31. The molecule has 4 heteroatoms. The van der Waals surface area contributed by atoms with Crippen LogP contribution in [0.1, 0.15) is 12.0 Å². The maximum Gasteiger partial charge on any atom is 0.0696 e. The van der Waals surface area contributed by atoms with Gasteiger partial charge in [-0.25, -0.2) is 0 Å². The summed E-state index contributed by atoms with van der Waals surface area (Å²) in [4.78, 5) is 2.22. The van der Waals surface area contributed by atoms with Gasteiger partial charge in [0.1, 0.15) is 0 Å². The molecule has 2 N–H and O–H groups in total. The molecule has 1 aliphatic heterocycles. The monoisotopic (exact) mass is 241 g/mol. The van der Waals surface area contributed by atoms with Gasteiger partial charge in [0.15, 0.2) is 0 Å². The summed E-state index contributed by atoms with van der Waals surface area (Å²) in [5.74, 6) is 0.372. The molecule has 1 fully saturated rings. The van der Waals surface area contributed by atoms with Crippen LogP contribution in [0.3, 0.4) is 0 Å². The molecular formula is C12H16ClNO2. The number of anilines is 1. The molecule has 1 heterocycles. The van der Waals surface area contributed by atoms with Crippen LogP contribution in [-0.2, 0) is 6.61 Å². The molecule has 0 aliphatic carbocycles. The van der Waals surface area contributed by atoms with Crippen LogP contribution in [0, 0.1) is 5.92 Å². The van der Waals surface area contributed by atoms with Gasteiger partial charge in [0.25, 0.3) is 0 Å². The zero-order valence-electron chi connectivity index (χ0n) is 9.06. The quantitative estimate of drug-likeness (QED) is 0.846. The number of aliphatic hydroxyl groups is 2. The van der Waals surface area contributed by atoms with Gasteiger partial charge in [-0.1, -0.05) is 17.7 Å². The fraction of sp³-hybridized carbons (Fsp3) is 0.500. The molecule has 1 saturated heterocycles. The highest BCUT2D eigenvalue weighted by Gasteiger charge is 2.22. The van der Waals surface area contributed by atoms with Gasteiger partial charge in [-0.05, 0) is 24.1 Å². The lowest BCUT2D eigenvalue weighted by Crippen LogP contribution is -2.20. The summed E-state index contributed by atoms with van der Waals surface area (Å²) in [6, 6.07) is 5.70. The predicted octanol–water partition coefficient (Wildman–Crippen LogP) is 1.65. The molecule has 0 saturated carbocycles. The topological polar surface area (TPSA) is 43.7 Å². The van der Waals surface area contributed by atoms with Crippen molar-refractivity contribution in [1.82, 2.24) is 0 Å². The van der Waals surface area contributed by atoms with Gasteiger partial charge in [-0.2, -0.15) is 0 Å². The molecule has 1 unspecified atom stereocenters. The van der Waals surface area contributed by atoms with Gasteiger partial charge in [0.05, 0.1) is 6.61 Å². The van der Waals surface area contributed by atoms with E-state index in [9.17, 15) is 0 Å². The van der Waals surface area contributed by atoms with Crippen LogP contribution in [0.15, 0.2) is 18.2 Å². The van der Waals surface area contributed by atoms with E-state index in [1.165, 1.54) is 0 Å². The van der Waals surface area contributed by atoms with Crippen molar-refractivity contribution >= 4 is 17.3 Å². The van der Waals surface area contributed by atoms with Crippen molar-refractivity contribution in [3.05, 3.63) is 28.8 Å². The molecule has 0 amide bonds. The van der Waals surface area contributed by atoms with Gasteiger partial charge >= 0.3 is 0 Å². The second-order valence-electron chi connectivity index (χ2n) is 4.22. The highest BCUT2D eigenvalue weighted by atomic mass is 35.5. The van der Waals surface area contributed by atoms with E-state index in [4.69, 9.17) is 21.8 Å². The highest BCUT2D eigenvalue weighted by Crippen LogP contribution is 2.27. The Morgan fingerprint density at radius 3 is 2.75 bits per heavy atom. The first-order valence-electron chi connectivity index (χ1n) is 5.49. The summed E-state index contributed by atoms with van der Waals surface area (Å²) >= 11 is 6.04. The Kier molecular flexibility index (Phi) is 3.69. The maximum atomic E-state index is 9.08. The van der Waals surface area contributed by atoms with E-state index in [1.807, 2.05) is 18.2 Å². The number of hydrogen-bond donors (Lipinski definition) is 2. The molecule has 1 aliphatic rings. The van der Waals surface area contributed by atoms with Crippen LogP contribution in [0.25, 0.3) is 0 Å². The summed E-state index contributed by atoms with van der Waals surface area (Å²) < 4.78 is 0. The minimum Gasteiger partial charge on any atom is -0.396 e. The van der Waals surface area contributed by atoms with Gasteiger partial charge < -0.3 is 15.1 Å². The molecule has 88 valence electrons. The van der Waals surface area contributed by atoms with E-state index in [1.54, 1.807) is 0 Å². The van der Waals surface area contributed by atoms with Crippen LogP contribution in [-0.4, -0.2) is 29.9 Å². The highest BCUT2D eigenvalue weighted by molar-refractivity contribution is 6.31. The van der Waals surface area contributed by atoms with Gasteiger partial charge in [0.2, 0.25) is 0 Å².